The van der Waals surface area contributed by atoms with E-state index in [9.17, 15) is 14.4 Å². The largest absolute Gasteiger partial charge is 0.484 e. The summed E-state index contributed by atoms with van der Waals surface area (Å²) in [4.78, 5) is 43.0. The van der Waals surface area contributed by atoms with E-state index in [0.29, 0.717) is 45.1 Å². The average Bonchev–Trinajstić information content (AvgIpc) is 3.28. The van der Waals surface area contributed by atoms with E-state index in [0.717, 1.165) is 45.0 Å². The maximum atomic E-state index is 12.6. The first-order chi connectivity index (χ1) is 16.6. The maximum Gasteiger partial charge on any atom is 0.260 e. The number of hydrogen-bond acceptors (Lipinski definition) is 7. The first kappa shape index (κ1) is 24.4. The number of amides is 3. The number of ether oxygens (including phenoxy) is 3. The number of carbonyl (C=O) groups is 3. The normalized spacial score (nSPS) is 21.5. The highest BCUT2D eigenvalue weighted by atomic mass is 16.5. The molecule has 0 aromatic heterocycles. The number of carbonyl (C=O) groups excluding carboxylic acids is 3. The van der Waals surface area contributed by atoms with E-state index < -0.39 is 0 Å². The maximum absolute atomic E-state index is 12.6. The molecule has 3 fully saturated rings. The van der Waals surface area contributed by atoms with Gasteiger partial charge in [0.2, 0.25) is 11.8 Å². The monoisotopic (exact) mass is 474 g/mol. The van der Waals surface area contributed by atoms with Crippen molar-refractivity contribution in [3.63, 3.8) is 0 Å². The predicted octanol–water partition coefficient (Wildman–Crippen LogP) is 0.116. The van der Waals surface area contributed by atoms with E-state index in [-0.39, 0.29) is 36.7 Å². The molecule has 0 saturated carbocycles. The third kappa shape index (κ3) is 6.68. The fourth-order valence-corrected chi connectivity index (χ4v) is 4.39. The second-order valence-corrected chi connectivity index (χ2v) is 8.78. The van der Waals surface area contributed by atoms with Gasteiger partial charge in [-0.15, -0.1) is 0 Å². The summed E-state index contributed by atoms with van der Waals surface area (Å²) >= 11 is 0. The van der Waals surface area contributed by atoms with Crippen LogP contribution >= 0.6 is 0 Å². The Balaban J connectivity index is 1.19. The SMILES string of the molecule is O=C(NCCCN1CCOCC1)[C@@H]1CC(=O)N(c2ccc(OCC(=O)N3CCOCC3)cc2)C1. The van der Waals surface area contributed by atoms with Crippen LogP contribution < -0.4 is 15.0 Å². The molecule has 0 aliphatic carbocycles. The van der Waals surface area contributed by atoms with E-state index >= 15 is 0 Å². The van der Waals surface area contributed by atoms with Gasteiger partial charge < -0.3 is 29.3 Å². The summed E-state index contributed by atoms with van der Waals surface area (Å²) in [5.41, 5.74) is 0.722. The highest BCUT2D eigenvalue weighted by Gasteiger charge is 2.35. The molecule has 0 bridgehead atoms. The van der Waals surface area contributed by atoms with Gasteiger partial charge in [-0.3, -0.25) is 19.3 Å². The Labute approximate surface area is 200 Å². The fourth-order valence-electron chi connectivity index (χ4n) is 4.39. The van der Waals surface area contributed by atoms with Gasteiger partial charge in [0.05, 0.1) is 32.3 Å². The molecule has 1 aromatic carbocycles. The number of morpholine rings is 2. The molecule has 1 aromatic rings. The molecule has 0 radical (unpaired) electrons. The van der Waals surface area contributed by atoms with Crippen molar-refractivity contribution in [3.8, 4) is 5.75 Å². The van der Waals surface area contributed by atoms with Crippen LogP contribution in [0.1, 0.15) is 12.8 Å². The van der Waals surface area contributed by atoms with Crippen LogP contribution in [-0.2, 0) is 23.9 Å². The van der Waals surface area contributed by atoms with Gasteiger partial charge in [-0.1, -0.05) is 0 Å². The lowest BCUT2D eigenvalue weighted by molar-refractivity contribution is -0.137. The zero-order valence-corrected chi connectivity index (χ0v) is 19.6. The van der Waals surface area contributed by atoms with Crippen LogP contribution in [0, 0.1) is 5.92 Å². The van der Waals surface area contributed by atoms with Crippen molar-refractivity contribution in [3.05, 3.63) is 24.3 Å². The Kier molecular flexibility index (Phi) is 8.73. The van der Waals surface area contributed by atoms with Crippen molar-refractivity contribution in [2.24, 2.45) is 5.92 Å². The molecule has 186 valence electrons. The van der Waals surface area contributed by atoms with E-state index in [1.54, 1.807) is 34.1 Å². The van der Waals surface area contributed by atoms with E-state index in [1.165, 1.54) is 0 Å². The van der Waals surface area contributed by atoms with Gasteiger partial charge in [-0.25, -0.2) is 0 Å². The van der Waals surface area contributed by atoms with Crippen molar-refractivity contribution < 1.29 is 28.6 Å². The highest BCUT2D eigenvalue weighted by Crippen LogP contribution is 2.27. The number of nitrogens with zero attached hydrogens (tertiary/aromatic N) is 3. The Morgan fingerprint density at radius 2 is 1.68 bits per heavy atom. The molecule has 3 amide bonds. The number of anilines is 1. The van der Waals surface area contributed by atoms with Crippen LogP contribution in [0.25, 0.3) is 0 Å². The number of rotatable bonds is 9. The average molecular weight is 475 g/mol. The molecule has 3 aliphatic rings. The highest BCUT2D eigenvalue weighted by molar-refractivity contribution is 6.00. The third-order valence-corrected chi connectivity index (χ3v) is 6.42. The second-order valence-electron chi connectivity index (χ2n) is 8.78. The molecule has 0 spiro atoms. The van der Waals surface area contributed by atoms with Gasteiger partial charge in [-0.2, -0.15) is 0 Å². The molecule has 10 nitrogen and oxygen atoms in total. The standard InChI is InChI=1S/C24H34N4O6/c29-22-16-19(24(31)25-6-1-7-26-8-12-32-13-9-26)17-28(22)20-2-4-21(5-3-20)34-18-23(30)27-10-14-33-15-11-27/h2-5,19H,1,6-18H2,(H,25,31)/t19-/m1/s1. The first-order valence-electron chi connectivity index (χ1n) is 12.1. The van der Waals surface area contributed by atoms with Crippen LogP contribution in [0.2, 0.25) is 0 Å². The van der Waals surface area contributed by atoms with Crippen molar-refractivity contribution in [1.82, 2.24) is 15.1 Å². The van der Waals surface area contributed by atoms with Crippen molar-refractivity contribution in [2.45, 2.75) is 12.8 Å². The first-order valence-corrected chi connectivity index (χ1v) is 12.1. The minimum atomic E-state index is -0.349. The molecule has 3 aliphatic heterocycles. The molecular weight excluding hydrogens is 440 g/mol. The Hall–Kier alpha value is -2.69. The fraction of sp³-hybridized carbons (Fsp3) is 0.625. The number of benzene rings is 1. The van der Waals surface area contributed by atoms with E-state index in [1.807, 2.05) is 0 Å². The number of hydrogen-bond donors (Lipinski definition) is 1. The summed E-state index contributed by atoms with van der Waals surface area (Å²) in [6.45, 7) is 7.57. The molecule has 0 unspecified atom stereocenters. The number of nitrogens with one attached hydrogen (secondary N) is 1. The summed E-state index contributed by atoms with van der Waals surface area (Å²) in [5, 5.41) is 2.98. The lowest BCUT2D eigenvalue weighted by atomic mass is 10.1. The van der Waals surface area contributed by atoms with E-state index in [2.05, 4.69) is 10.2 Å². The summed E-state index contributed by atoms with van der Waals surface area (Å²) in [6.07, 6.45) is 1.09. The minimum absolute atomic E-state index is 0.0320. The van der Waals surface area contributed by atoms with Crippen LogP contribution in [0.15, 0.2) is 24.3 Å². The van der Waals surface area contributed by atoms with Crippen LogP contribution in [0.5, 0.6) is 5.75 Å². The zero-order valence-electron chi connectivity index (χ0n) is 19.6. The molecular formula is C24H34N4O6. The molecule has 3 saturated heterocycles. The minimum Gasteiger partial charge on any atom is -0.484 e. The quantitative estimate of drug-likeness (QED) is 0.507. The lowest BCUT2D eigenvalue weighted by Crippen LogP contribution is -2.42. The zero-order chi connectivity index (χ0) is 23.8. The van der Waals surface area contributed by atoms with Gasteiger partial charge in [-0.05, 0) is 37.2 Å². The van der Waals surface area contributed by atoms with Crippen LogP contribution in [-0.4, -0.2) is 106 Å². The smallest absolute Gasteiger partial charge is 0.260 e. The summed E-state index contributed by atoms with van der Waals surface area (Å²) in [7, 11) is 0. The molecule has 34 heavy (non-hydrogen) atoms. The molecule has 1 N–H and O–H groups in total. The molecule has 10 heteroatoms. The van der Waals surface area contributed by atoms with Crippen LogP contribution in [0.4, 0.5) is 5.69 Å². The van der Waals surface area contributed by atoms with Gasteiger partial charge in [0.15, 0.2) is 6.61 Å². The lowest BCUT2D eigenvalue weighted by Gasteiger charge is -2.26. The van der Waals surface area contributed by atoms with E-state index in [4.69, 9.17) is 14.2 Å². The summed E-state index contributed by atoms with van der Waals surface area (Å²) in [6, 6.07) is 7.06. The van der Waals surface area contributed by atoms with Crippen molar-refractivity contribution in [1.29, 1.82) is 0 Å². The molecule has 1 atom stereocenters. The third-order valence-electron chi connectivity index (χ3n) is 6.42. The predicted molar refractivity (Wildman–Crippen MR) is 125 cm³/mol. The van der Waals surface area contributed by atoms with Crippen LogP contribution in [0.3, 0.4) is 0 Å². The Bertz CT molecular complexity index is 836. The van der Waals surface area contributed by atoms with Crippen molar-refractivity contribution in [2.75, 3.05) is 83.7 Å². The van der Waals surface area contributed by atoms with Gasteiger partial charge in [0.1, 0.15) is 5.75 Å². The summed E-state index contributed by atoms with van der Waals surface area (Å²) in [5.74, 6) is 0.00876. The Morgan fingerprint density at radius 3 is 2.38 bits per heavy atom. The molecule has 3 heterocycles. The van der Waals surface area contributed by atoms with Gasteiger partial charge in [0.25, 0.3) is 5.91 Å². The van der Waals surface area contributed by atoms with Gasteiger partial charge >= 0.3 is 0 Å². The topological polar surface area (TPSA) is 101 Å². The second kappa shape index (κ2) is 12.1. The van der Waals surface area contributed by atoms with Crippen molar-refractivity contribution >= 4 is 23.4 Å². The molecule has 4 rings (SSSR count). The summed E-state index contributed by atoms with van der Waals surface area (Å²) < 4.78 is 16.2. The van der Waals surface area contributed by atoms with Gasteiger partial charge in [0, 0.05) is 51.4 Å². The Morgan fingerprint density at radius 1 is 1.00 bits per heavy atom.